The van der Waals surface area contributed by atoms with Gasteiger partial charge in [0.25, 0.3) is 0 Å². The molecule has 1 aliphatic carbocycles. The molecule has 0 amide bonds. The van der Waals surface area contributed by atoms with E-state index in [1.165, 1.54) is 25.7 Å². The van der Waals surface area contributed by atoms with Crippen LogP contribution in [0.3, 0.4) is 0 Å². The Hall–Kier alpha value is -0.240. The molecule has 1 fully saturated rings. The minimum atomic E-state index is 0.855. The predicted molar refractivity (Wildman–Crippen MR) is 66.9 cm³/mol. The lowest BCUT2D eigenvalue weighted by molar-refractivity contribution is 0.296. The van der Waals surface area contributed by atoms with Crippen LogP contribution < -0.4 is 0 Å². The summed E-state index contributed by atoms with van der Waals surface area (Å²) in [6.07, 6.45) is 7.61. The van der Waals surface area contributed by atoms with E-state index in [1.807, 2.05) is 18.5 Å². The summed E-state index contributed by atoms with van der Waals surface area (Å²) in [5.41, 5.74) is 1.97. The van der Waals surface area contributed by atoms with Crippen molar-refractivity contribution in [3.63, 3.8) is 0 Å². The van der Waals surface area contributed by atoms with Gasteiger partial charge in [-0.15, -0.1) is 0 Å². The average Bonchev–Trinajstić information content (AvgIpc) is 2.21. The van der Waals surface area contributed by atoms with Crippen molar-refractivity contribution >= 4 is 17.3 Å². The van der Waals surface area contributed by atoms with Gasteiger partial charge < -0.3 is 0 Å². The summed E-state index contributed by atoms with van der Waals surface area (Å²) in [6.45, 7) is 5.43. The maximum Gasteiger partial charge on any atom is 0.0583 e. The summed E-state index contributed by atoms with van der Waals surface area (Å²) < 4.78 is 0. The lowest BCUT2D eigenvalue weighted by Gasteiger charge is -2.24. The van der Waals surface area contributed by atoms with Gasteiger partial charge in [0.2, 0.25) is 0 Å². The molecule has 0 saturated heterocycles. The molecule has 2 heteroatoms. The largest absolute Gasteiger partial charge is 0.286 e. The highest BCUT2D eigenvalue weighted by Crippen LogP contribution is 2.28. The molecule has 1 nitrogen and oxygen atoms in total. The lowest BCUT2D eigenvalue weighted by Crippen LogP contribution is -2.14. The van der Waals surface area contributed by atoms with Crippen LogP contribution in [0, 0.1) is 11.8 Å². The fourth-order valence-corrected chi connectivity index (χ4v) is 2.26. The number of hydrogen-bond acceptors (Lipinski definition) is 2. The Labute approximate surface area is 92.1 Å². The van der Waals surface area contributed by atoms with Crippen molar-refractivity contribution in [1.82, 2.24) is 0 Å². The van der Waals surface area contributed by atoms with Gasteiger partial charge in [-0.25, -0.2) is 0 Å². The molecule has 0 heterocycles. The Bertz CT molecular complexity index is 190. The SMILES string of the molecule is C/C=C\S/C=N/CC1CCC(C)CC1. The zero-order valence-corrected chi connectivity index (χ0v) is 10.1. The molecule has 0 unspecified atom stereocenters. The number of nitrogens with zero attached hydrogens (tertiary/aromatic N) is 1. The zero-order valence-electron chi connectivity index (χ0n) is 9.28. The third-order valence-corrected chi connectivity index (χ3v) is 3.55. The van der Waals surface area contributed by atoms with Crippen LogP contribution in [0.2, 0.25) is 0 Å². The molecule has 0 spiro atoms. The second-order valence-electron chi connectivity index (χ2n) is 4.20. The van der Waals surface area contributed by atoms with Crippen molar-refractivity contribution in [2.75, 3.05) is 6.54 Å². The molecule has 0 aliphatic heterocycles. The quantitative estimate of drug-likeness (QED) is 0.503. The Morgan fingerprint density at radius 2 is 2.00 bits per heavy atom. The highest BCUT2D eigenvalue weighted by molar-refractivity contribution is 8.14. The van der Waals surface area contributed by atoms with Gasteiger partial charge >= 0.3 is 0 Å². The van der Waals surface area contributed by atoms with Crippen LogP contribution in [0.25, 0.3) is 0 Å². The van der Waals surface area contributed by atoms with Crippen LogP contribution in [0.15, 0.2) is 16.5 Å². The fourth-order valence-electron chi connectivity index (χ4n) is 1.86. The highest BCUT2D eigenvalue weighted by atomic mass is 32.2. The van der Waals surface area contributed by atoms with Gasteiger partial charge in [-0.05, 0) is 37.0 Å². The smallest absolute Gasteiger partial charge is 0.0583 e. The van der Waals surface area contributed by atoms with Crippen molar-refractivity contribution in [2.24, 2.45) is 16.8 Å². The molecule has 0 aromatic carbocycles. The van der Waals surface area contributed by atoms with Crippen LogP contribution in [-0.4, -0.2) is 12.1 Å². The van der Waals surface area contributed by atoms with Gasteiger partial charge in [-0.1, -0.05) is 37.6 Å². The molecule has 0 N–H and O–H groups in total. The minimum absolute atomic E-state index is 0.855. The fraction of sp³-hybridized carbons (Fsp3) is 0.750. The first-order valence-corrected chi connectivity index (χ1v) is 6.52. The first kappa shape index (κ1) is 11.8. The van der Waals surface area contributed by atoms with Gasteiger partial charge in [-0.2, -0.15) is 0 Å². The van der Waals surface area contributed by atoms with E-state index in [0.29, 0.717) is 0 Å². The molecule has 14 heavy (non-hydrogen) atoms. The van der Waals surface area contributed by atoms with Crippen LogP contribution >= 0.6 is 11.8 Å². The Morgan fingerprint density at radius 3 is 2.64 bits per heavy atom. The van der Waals surface area contributed by atoms with E-state index in [0.717, 1.165) is 18.4 Å². The van der Waals surface area contributed by atoms with Crippen molar-refractivity contribution < 1.29 is 0 Å². The van der Waals surface area contributed by atoms with Crippen molar-refractivity contribution in [2.45, 2.75) is 39.5 Å². The number of allylic oxidation sites excluding steroid dienone is 1. The summed E-state index contributed by atoms with van der Waals surface area (Å²) >= 11 is 1.67. The molecule has 0 aromatic heterocycles. The van der Waals surface area contributed by atoms with Crippen LogP contribution in [-0.2, 0) is 0 Å². The van der Waals surface area contributed by atoms with E-state index < -0.39 is 0 Å². The van der Waals surface area contributed by atoms with Gasteiger partial charge in [0.1, 0.15) is 0 Å². The van der Waals surface area contributed by atoms with Crippen LogP contribution in [0.5, 0.6) is 0 Å². The second kappa shape index (κ2) is 7.10. The van der Waals surface area contributed by atoms with Gasteiger partial charge in [0.15, 0.2) is 0 Å². The van der Waals surface area contributed by atoms with E-state index >= 15 is 0 Å². The van der Waals surface area contributed by atoms with E-state index in [9.17, 15) is 0 Å². The van der Waals surface area contributed by atoms with Crippen molar-refractivity contribution in [1.29, 1.82) is 0 Å². The van der Waals surface area contributed by atoms with E-state index in [2.05, 4.69) is 17.3 Å². The molecular formula is C12H21NS. The molecule has 0 atom stereocenters. The van der Waals surface area contributed by atoms with E-state index in [1.54, 1.807) is 11.8 Å². The van der Waals surface area contributed by atoms with Gasteiger partial charge in [0.05, 0.1) is 5.55 Å². The molecule has 0 bridgehead atoms. The molecule has 0 radical (unpaired) electrons. The molecule has 1 aliphatic rings. The first-order chi connectivity index (χ1) is 6.83. The molecule has 80 valence electrons. The third-order valence-electron chi connectivity index (χ3n) is 2.85. The monoisotopic (exact) mass is 211 g/mol. The summed E-state index contributed by atoms with van der Waals surface area (Å²) in [7, 11) is 0. The third kappa shape index (κ3) is 4.85. The zero-order chi connectivity index (χ0) is 10.2. The second-order valence-corrected chi connectivity index (χ2v) is 4.96. The summed E-state index contributed by atoms with van der Waals surface area (Å²) in [4.78, 5) is 4.44. The van der Waals surface area contributed by atoms with Gasteiger partial charge in [-0.3, -0.25) is 4.99 Å². The van der Waals surface area contributed by atoms with Crippen molar-refractivity contribution in [3.8, 4) is 0 Å². The molecule has 1 saturated carbocycles. The standard InChI is InChI=1S/C12H21NS/c1-3-8-14-10-13-9-12-6-4-11(2)5-7-12/h3,8,10-12H,4-7,9H2,1-2H3/b8-3-,13-10+. The van der Waals surface area contributed by atoms with E-state index in [4.69, 9.17) is 0 Å². The van der Waals surface area contributed by atoms with E-state index in [-0.39, 0.29) is 0 Å². The van der Waals surface area contributed by atoms with Crippen LogP contribution in [0.1, 0.15) is 39.5 Å². The number of aliphatic imine (C=N–C) groups is 1. The Balaban J connectivity index is 2.09. The van der Waals surface area contributed by atoms with Crippen molar-refractivity contribution in [3.05, 3.63) is 11.5 Å². The summed E-state index contributed by atoms with van der Waals surface area (Å²) in [5, 5.41) is 2.06. The number of thioether (sulfide) groups is 1. The van der Waals surface area contributed by atoms with Crippen LogP contribution in [0.4, 0.5) is 0 Å². The normalized spacial score (nSPS) is 29.0. The number of rotatable bonds is 4. The Morgan fingerprint density at radius 1 is 1.29 bits per heavy atom. The van der Waals surface area contributed by atoms with Gasteiger partial charge in [0, 0.05) is 6.54 Å². The first-order valence-electron chi connectivity index (χ1n) is 5.58. The highest BCUT2D eigenvalue weighted by Gasteiger charge is 2.16. The lowest BCUT2D eigenvalue weighted by atomic mass is 9.83. The average molecular weight is 211 g/mol. The molecule has 0 aromatic rings. The molecule has 1 rings (SSSR count). The maximum atomic E-state index is 4.44. The topological polar surface area (TPSA) is 12.4 Å². The minimum Gasteiger partial charge on any atom is -0.286 e. The summed E-state index contributed by atoms with van der Waals surface area (Å²) in [5.74, 6) is 1.81. The predicted octanol–water partition coefficient (Wildman–Crippen LogP) is 4.11. The Kier molecular flexibility index (Phi) is 6.00. The molecular weight excluding hydrogens is 190 g/mol. The maximum absolute atomic E-state index is 4.44. The number of hydrogen-bond donors (Lipinski definition) is 0. The summed E-state index contributed by atoms with van der Waals surface area (Å²) in [6, 6.07) is 0.